The summed E-state index contributed by atoms with van der Waals surface area (Å²) in [7, 11) is 0. The van der Waals surface area contributed by atoms with Gasteiger partial charge in [-0.05, 0) is 42.1 Å². The molecule has 0 bridgehead atoms. The lowest BCUT2D eigenvalue weighted by Crippen LogP contribution is -2.22. The molecule has 0 amide bonds. The molecule has 0 radical (unpaired) electrons. The summed E-state index contributed by atoms with van der Waals surface area (Å²) >= 11 is 0. The number of rotatable bonds is 3. The quantitative estimate of drug-likeness (QED) is 0.815. The van der Waals surface area contributed by atoms with Crippen molar-refractivity contribution in [3.63, 3.8) is 0 Å². The van der Waals surface area contributed by atoms with Gasteiger partial charge in [-0.1, -0.05) is 13.8 Å². The molecular weight excluding hydrogens is 234 g/mol. The van der Waals surface area contributed by atoms with Gasteiger partial charge in [0.1, 0.15) is 5.82 Å². The van der Waals surface area contributed by atoms with Crippen LogP contribution in [0.5, 0.6) is 0 Å². The van der Waals surface area contributed by atoms with Crippen LogP contribution in [0.1, 0.15) is 31.4 Å². The smallest absolute Gasteiger partial charge is 0.330 e. The third-order valence-corrected chi connectivity index (χ3v) is 2.78. The van der Waals surface area contributed by atoms with Gasteiger partial charge in [-0.3, -0.25) is 0 Å². The average molecular weight is 249 g/mol. The molecule has 96 valence electrons. The van der Waals surface area contributed by atoms with Crippen molar-refractivity contribution < 1.29 is 17.6 Å². The van der Waals surface area contributed by atoms with E-state index in [1.807, 2.05) is 0 Å². The molecule has 1 nitrogen and oxygen atoms in total. The van der Waals surface area contributed by atoms with E-state index in [9.17, 15) is 17.6 Å². The van der Waals surface area contributed by atoms with E-state index < -0.39 is 23.0 Å². The van der Waals surface area contributed by atoms with Crippen molar-refractivity contribution in [2.75, 3.05) is 6.54 Å². The summed E-state index contributed by atoms with van der Waals surface area (Å²) in [4.78, 5) is 0. The van der Waals surface area contributed by atoms with Gasteiger partial charge < -0.3 is 5.73 Å². The van der Waals surface area contributed by atoms with Gasteiger partial charge in [0.2, 0.25) is 0 Å². The molecule has 0 aliphatic rings. The summed E-state index contributed by atoms with van der Waals surface area (Å²) in [5, 5.41) is 0. The molecule has 0 aromatic heterocycles. The largest absolute Gasteiger partial charge is 0.416 e. The summed E-state index contributed by atoms with van der Waals surface area (Å²) < 4.78 is 50.8. The average Bonchev–Trinajstić information content (AvgIpc) is 2.15. The zero-order chi connectivity index (χ0) is 13.3. The van der Waals surface area contributed by atoms with Gasteiger partial charge in [0.05, 0.1) is 5.56 Å². The topological polar surface area (TPSA) is 26.0 Å². The molecule has 0 heterocycles. The Morgan fingerprint density at radius 2 is 1.59 bits per heavy atom. The highest BCUT2D eigenvalue weighted by atomic mass is 19.4. The lowest BCUT2D eigenvalue weighted by Gasteiger charge is -2.25. The molecule has 5 heteroatoms. The zero-order valence-corrected chi connectivity index (χ0v) is 9.74. The summed E-state index contributed by atoms with van der Waals surface area (Å²) in [6, 6.07) is 2.62. The van der Waals surface area contributed by atoms with Crippen molar-refractivity contribution in [3.05, 3.63) is 35.1 Å². The minimum atomic E-state index is -4.53. The van der Waals surface area contributed by atoms with Crippen molar-refractivity contribution in [1.82, 2.24) is 0 Å². The molecule has 0 saturated heterocycles. The second-order valence-corrected chi connectivity index (χ2v) is 4.65. The lowest BCUT2D eigenvalue weighted by molar-refractivity contribution is -0.137. The van der Waals surface area contributed by atoms with Gasteiger partial charge >= 0.3 is 6.18 Å². The molecular formula is C12H15F4N. The van der Waals surface area contributed by atoms with Crippen LogP contribution in [0.15, 0.2) is 18.2 Å². The van der Waals surface area contributed by atoms with Crippen LogP contribution in [-0.2, 0) is 11.6 Å². The number of nitrogens with two attached hydrogens (primary N) is 1. The van der Waals surface area contributed by atoms with Gasteiger partial charge in [-0.15, -0.1) is 0 Å². The fourth-order valence-corrected chi connectivity index (χ4v) is 1.65. The molecule has 17 heavy (non-hydrogen) atoms. The van der Waals surface area contributed by atoms with Crippen molar-refractivity contribution in [1.29, 1.82) is 0 Å². The number of alkyl halides is 3. The Hall–Kier alpha value is -1.10. The van der Waals surface area contributed by atoms with E-state index in [1.54, 1.807) is 13.8 Å². The summed E-state index contributed by atoms with van der Waals surface area (Å²) in [5.41, 5.74) is 4.18. The van der Waals surface area contributed by atoms with Crippen LogP contribution in [-0.4, -0.2) is 6.54 Å². The molecule has 0 aliphatic heterocycles. The Morgan fingerprint density at radius 1 is 1.06 bits per heavy atom. The van der Waals surface area contributed by atoms with Crippen LogP contribution in [0, 0.1) is 5.82 Å². The highest BCUT2D eigenvalue weighted by molar-refractivity contribution is 5.31. The molecule has 1 aromatic carbocycles. The van der Waals surface area contributed by atoms with Crippen molar-refractivity contribution in [3.8, 4) is 0 Å². The maximum atomic E-state index is 13.2. The highest BCUT2D eigenvalue weighted by Crippen LogP contribution is 2.34. The van der Waals surface area contributed by atoms with Crippen LogP contribution in [0.2, 0.25) is 0 Å². The minimum Gasteiger partial charge on any atom is -0.330 e. The van der Waals surface area contributed by atoms with Crippen LogP contribution in [0.25, 0.3) is 0 Å². The highest BCUT2D eigenvalue weighted by Gasteiger charge is 2.33. The van der Waals surface area contributed by atoms with Gasteiger partial charge in [0.25, 0.3) is 0 Å². The molecule has 0 aliphatic carbocycles. The van der Waals surface area contributed by atoms with Crippen molar-refractivity contribution in [2.24, 2.45) is 5.73 Å². The molecule has 1 aromatic rings. The maximum absolute atomic E-state index is 13.2. The number of halogens is 4. The molecule has 2 N–H and O–H groups in total. The molecule has 1 rings (SSSR count). The number of benzene rings is 1. The van der Waals surface area contributed by atoms with E-state index in [0.717, 1.165) is 12.1 Å². The predicted octanol–water partition coefficient (Wildman–Crippen LogP) is 3.47. The van der Waals surface area contributed by atoms with E-state index in [0.29, 0.717) is 24.6 Å². The summed E-state index contributed by atoms with van der Waals surface area (Å²) in [5.74, 6) is -0.875. The second-order valence-electron chi connectivity index (χ2n) is 4.65. The molecule has 0 saturated carbocycles. The molecule has 0 unspecified atom stereocenters. The Bertz CT molecular complexity index is 396. The van der Waals surface area contributed by atoms with E-state index in [2.05, 4.69) is 0 Å². The maximum Gasteiger partial charge on any atom is 0.416 e. The van der Waals surface area contributed by atoms with Crippen LogP contribution in [0.3, 0.4) is 0 Å². The Balaban J connectivity index is 3.23. The van der Waals surface area contributed by atoms with E-state index in [1.165, 1.54) is 0 Å². The molecule has 0 atom stereocenters. The fraction of sp³-hybridized carbons (Fsp3) is 0.500. The summed E-state index contributed by atoms with van der Waals surface area (Å²) in [6.45, 7) is 3.83. The first kappa shape index (κ1) is 14.0. The monoisotopic (exact) mass is 249 g/mol. The van der Waals surface area contributed by atoms with Crippen molar-refractivity contribution in [2.45, 2.75) is 31.9 Å². The standard InChI is InChI=1S/C12H15F4N/c1-11(2,3-4-17)8-5-9(12(14,15)16)7-10(13)6-8/h5-7H,3-4,17H2,1-2H3. The van der Waals surface area contributed by atoms with Crippen LogP contribution >= 0.6 is 0 Å². The van der Waals surface area contributed by atoms with Gasteiger partial charge in [-0.2, -0.15) is 13.2 Å². The zero-order valence-electron chi connectivity index (χ0n) is 9.74. The second kappa shape index (κ2) is 4.64. The number of hydrogen-bond donors (Lipinski definition) is 1. The van der Waals surface area contributed by atoms with Gasteiger partial charge in [0, 0.05) is 0 Å². The molecule has 0 spiro atoms. The Kier molecular flexibility index (Phi) is 3.81. The first-order chi connectivity index (χ1) is 7.66. The first-order valence-electron chi connectivity index (χ1n) is 5.25. The van der Waals surface area contributed by atoms with Crippen molar-refractivity contribution >= 4 is 0 Å². The normalized spacial score (nSPS) is 12.9. The molecule has 0 fully saturated rings. The third kappa shape index (κ3) is 3.43. The van der Waals surface area contributed by atoms with Gasteiger partial charge in [0.15, 0.2) is 0 Å². The van der Waals surface area contributed by atoms with E-state index in [-0.39, 0.29) is 0 Å². The van der Waals surface area contributed by atoms with Crippen LogP contribution < -0.4 is 5.73 Å². The van der Waals surface area contributed by atoms with E-state index in [4.69, 9.17) is 5.73 Å². The van der Waals surface area contributed by atoms with E-state index >= 15 is 0 Å². The minimum absolute atomic E-state index is 0.315. The third-order valence-electron chi connectivity index (χ3n) is 2.78. The Morgan fingerprint density at radius 3 is 2.06 bits per heavy atom. The van der Waals surface area contributed by atoms with Gasteiger partial charge in [-0.25, -0.2) is 4.39 Å². The van der Waals surface area contributed by atoms with Crippen LogP contribution in [0.4, 0.5) is 17.6 Å². The first-order valence-corrected chi connectivity index (χ1v) is 5.25. The fourth-order valence-electron chi connectivity index (χ4n) is 1.65. The Labute approximate surface area is 97.6 Å². The predicted molar refractivity (Wildman–Crippen MR) is 58.1 cm³/mol. The number of hydrogen-bond acceptors (Lipinski definition) is 1. The summed E-state index contributed by atoms with van der Waals surface area (Å²) in [6.07, 6.45) is -4.04. The SMILES string of the molecule is CC(C)(CCN)c1cc(F)cc(C(F)(F)F)c1. The lowest BCUT2D eigenvalue weighted by atomic mass is 9.81.